The minimum atomic E-state index is -3.73. The molecule has 0 saturated heterocycles. The Kier molecular flexibility index (Phi) is 8.01. The monoisotopic (exact) mass is 496 g/mol. The number of halogens is 2. The Balaban J connectivity index is 1.89. The Morgan fingerprint density at radius 1 is 1.18 bits per heavy atom. The number of carbonyl (C=O) groups is 1. The van der Waals surface area contributed by atoms with E-state index in [2.05, 4.69) is 15.3 Å². The number of hydrogen-bond donors (Lipinski definition) is 3. The molecule has 12 heteroatoms. The van der Waals surface area contributed by atoms with E-state index in [1.165, 1.54) is 43.8 Å². The molecule has 1 amide bonds. The van der Waals surface area contributed by atoms with Crippen LogP contribution in [0.4, 0.5) is 15.9 Å². The maximum atomic E-state index is 13.5. The highest BCUT2D eigenvalue weighted by molar-refractivity contribution is 7.91. The van der Waals surface area contributed by atoms with E-state index in [0.717, 1.165) is 0 Å². The van der Waals surface area contributed by atoms with Crippen molar-refractivity contribution in [1.29, 1.82) is 0 Å². The lowest BCUT2D eigenvalue weighted by Gasteiger charge is -2.13. The van der Waals surface area contributed by atoms with E-state index in [1.54, 1.807) is 5.48 Å². The summed E-state index contributed by atoms with van der Waals surface area (Å²) in [6.07, 6.45) is 2.68. The number of benzene rings is 2. The number of rotatable bonds is 10. The fraction of sp³-hybridized carbons (Fsp3) is 0.286. The maximum absolute atomic E-state index is 13.5. The van der Waals surface area contributed by atoms with Crippen LogP contribution in [0.25, 0.3) is 10.9 Å². The first kappa shape index (κ1) is 24.6. The average Bonchev–Trinajstić information content (AvgIpc) is 2.80. The average molecular weight is 497 g/mol. The van der Waals surface area contributed by atoms with Crippen molar-refractivity contribution in [3.63, 3.8) is 0 Å². The lowest BCUT2D eigenvalue weighted by atomic mass is 10.2. The van der Waals surface area contributed by atoms with Gasteiger partial charge in [-0.05, 0) is 37.1 Å². The molecule has 176 valence electrons. The predicted octanol–water partition coefficient (Wildman–Crippen LogP) is 4.01. The van der Waals surface area contributed by atoms with Gasteiger partial charge in [0.1, 0.15) is 28.6 Å². The van der Waals surface area contributed by atoms with Crippen LogP contribution in [0, 0.1) is 5.82 Å². The molecule has 1 heterocycles. The van der Waals surface area contributed by atoms with Gasteiger partial charge < -0.3 is 10.1 Å². The quantitative estimate of drug-likeness (QED) is 0.218. The molecule has 0 radical (unpaired) electrons. The molecule has 0 unspecified atom stereocenters. The summed E-state index contributed by atoms with van der Waals surface area (Å²) in [4.78, 5) is 19.4. The molecule has 0 aliphatic carbocycles. The second-order valence-electron chi connectivity index (χ2n) is 7.16. The number of ether oxygens (including phenoxy) is 1. The minimum absolute atomic E-state index is 0.0133. The van der Waals surface area contributed by atoms with Gasteiger partial charge in [0.15, 0.2) is 9.84 Å². The number of unbranched alkanes of at least 4 members (excludes halogenated alkanes) is 2. The zero-order valence-electron chi connectivity index (χ0n) is 17.6. The highest BCUT2D eigenvalue weighted by Crippen LogP contribution is 2.33. The van der Waals surface area contributed by atoms with Crippen LogP contribution in [0.15, 0.2) is 41.6 Å². The number of carbonyl (C=O) groups excluding carboxylic acids is 1. The van der Waals surface area contributed by atoms with Crippen molar-refractivity contribution in [3.05, 3.63) is 47.5 Å². The second-order valence-corrected chi connectivity index (χ2v) is 9.65. The first-order chi connectivity index (χ1) is 15.7. The standard InChI is InChI=1S/C21H22ClFN4O5S/c1-32-18-11-17-14(10-19(18)33(30,31)8-4-2-3-5-20(28)27-29)21(25-12-24-17)26-13-6-7-16(23)15(22)9-13/h6-7,9-12,29H,2-5,8H2,1H3,(H,27,28)(H,24,25,26). The number of nitrogens with one attached hydrogen (secondary N) is 2. The van der Waals surface area contributed by atoms with Crippen LogP contribution < -0.4 is 15.5 Å². The molecule has 0 aliphatic rings. The van der Waals surface area contributed by atoms with Crippen LogP contribution in [-0.4, -0.2) is 42.4 Å². The first-order valence-electron chi connectivity index (χ1n) is 9.95. The zero-order chi connectivity index (χ0) is 24.0. The van der Waals surface area contributed by atoms with Crippen molar-refractivity contribution < 1.29 is 27.5 Å². The van der Waals surface area contributed by atoms with Gasteiger partial charge in [0.05, 0.1) is 23.4 Å². The summed E-state index contributed by atoms with van der Waals surface area (Å²) in [5, 5.41) is 11.9. The number of sulfone groups is 1. The molecular formula is C21H22ClFN4O5S. The van der Waals surface area contributed by atoms with E-state index in [4.69, 9.17) is 21.5 Å². The van der Waals surface area contributed by atoms with Gasteiger partial charge in [-0.3, -0.25) is 10.0 Å². The predicted molar refractivity (Wildman–Crippen MR) is 121 cm³/mol. The van der Waals surface area contributed by atoms with Gasteiger partial charge in [-0.2, -0.15) is 0 Å². The summed E-state index contributed by atoms with van der Waals surface area (Å²) in [6, 6.07) is 7.03. The molecule has 3 N–H and O–H groups in total. The molecule has 0 spiro atoms. The first-order valence-corrected chi connectivity index (χ1v) is 12.0. The Morgan fingerprint density at radius 2 is 1.97 bits per heavy atom. The van der Waals surface area contributed by atoms with Crippen molar-refractivity contribution in [2.45, 2.75) is 30.6 Å². The number of hydrogen-bond acceptors (Lipinski definition) is 8. The third-order valence-corrected chi connectivity index (χ3v) is 6.98. The number of nitrogens with zero attached hydrogens (tertiary/aromatic N) is 2. The normalized spacial score (nSPS) is 11.4. The van der Waals surface area contributed by atoms with E-state index in [0.29, 0.717) is 41.7 Å². The molecule has 0 saturated carbocycles. The van der Waals surface area contributed by atoms with Crippen LogP contribution in [0.2, 0.25) is 5.02 Å². The summed E-state index contributed by atoms with van der Waals surface area (Å²) in [5.41, 5.74) is 2.46. The highest BCUT2D eigenvalue weighted by Gasteiger charge is 2.22. The Bertz CT molecular complexity index is 1270. The molecule has 2 aromatic carbocycles. The van der Waals surface area contributed by atoms with Crippen molar-refractivity contribution in [2.75, 3.05) is 18.2 Å². The van der Waals surface area contributed by atoms with Crippen molar-refractivity contribution in [3.8, 4) is 5.75 Å². The summed E-state index contributed by atoms with van der Waals surface area (Å²) in [6.45, 7) is 0. The number of aromatic nitrogens is 2. The zero-order valence-corrected chi connectivity index (χ0v) is 19.2. The van der Waals surface area contributed by atoms with Crippen LogP contribution in [-0.2, 0) is 14.6 Å². The molecule has 0 bridgehead atoms. The Morgan fingerprint density at radius 3 is 2.67 bits per heavy atom. The number of hydroxylamine groups is 1. The maximum Gasteiger partial charge on any atom is 0.243 e. The molecule has 9 nitrogen and oxygen atoms in total. The molecule has 1 aromatic heterocycles. The molecule has 3 rings (SSSR count). The molecular weight excluding hydrogens is 475 g/mol. The van der Waals surface area contributed by atoms with Crippen molar-refractivity contribution in [2.24, 2.45) is 0 Å². The van der Waals surface area contributed by atoms with Gasteiger partial charge in [0.2, 0.25) is 5.91 Å². The van der Waals surface area contributed by atoms with Crippen LogP contribution in [0.3, 0.4) is 0 Å². The molecule has 33 heavy (non-hydrogen) atoms. The van der Waals surface area contributed by atoms with Gasteiger partial charge in [-0.25, -0.2) is 28.3 Å². The van der Waals surface area contributed by atoms with Crippen LogP contribution in [0.1, 0.15) is 25.7 Å². The van der Waals surface area contributed by atoms with E-state index in [1.807, 2.05) is 0 Å². The lowest BCUT2D eigenvalue weighted by Crippen LogP contribution is -2.17. The Labute approximate surface area is 194 Å². The summed E-state index contributed by atoms with van der Waals surface area (Å²) in [7, 11) is -2.36. The smallest absolute Gasteiger partial charge is 0.243 e. The highest BCUT2D eigenvalue weighted by atomic mass is 35.5. The van der Waals surface area contributed by atoms with E-state index in [-0.39, 0.29) is 27.8 Å². The third kappa shape index (κ3) is 6.06. The van der Waals surface area contributed by atoms with E-state index >= 15 is 0 Å². The fourth-order valence-corrected chi connectivity index (χ4v) is 4.93. The number of amides is 1. The summed E-state index contributed by atoms with van der Waals surface area (Å²) >= 11 is 5.84. The van der Waals surface area contributed by atoms with Gasteiger partial charge in [-0.15, -0.1) is 0 Å². The van der Waals surface area contributed by atoms with E-state index in [9.17, 15) is 17.6 Å². The number of fused-ring (bicyclic) bond motifs is 1. The largest absolute Gasteiger partial charge is 0.495 e. The van der Waals surface area contributed by atoms with Crippen LogP contribution in [0.5, 0.6) is 5.75 Å². The van der Waals surface area contributed by atoms with Crippen molar-refractivity contribution in [1.82, 2.24) is 15.4 Å². The van der Waals surface area contributed by atoms with Gasteiger partial charge >= 0.3 is 0 Å². The van der Waals surface area contributed by atoms with Crippen LogP contribution >= 0.6 is 11.6 Å². The SMILES string of the molecule is COc1cc2ncnc(Nc3ccc(F)c(Cl)c3)c2cc1S(=O)(=O)CCCCCC(=O)NO. The molecule has 0 atom stereocenters. The summed E-state index contributed by atoms with van der Waals surface area (Å²) in [5.74, 6) is -0.769. The van der Waals surface area contributed by atoms with Gasteiger partial charge in [0, 0.05) is 23.6 Å². The van der Waals surface area contributed by atoms with Gasteiger partial charge in [-0.1, -0.05) is 18.0 Å². The number of methoxy groups -OCH3 is 1. The molecule has 3 aromatic rings. The Hall–Kier alpha value is -3.02. The summed E-state index contributed by atoms with van der Waals surface area (Å²) < 4.78 is 44.9. The minimum Gasteiger partial charge on any atom is -0.495 e. The topological polar surface area (TPSA) is 131 Å². The lowest BCUT2D eigenvalue weighted by molar-refractivity contribution is -0.129. The second kappa shape index (κ2) is 10.7. The fourth-order valence-electron chi connectivity index (χ4n) is 3.20. The van der Waals surface area contributed by atoms with Gasteiger partial charge in [0.25, 0.3) is 0 Å². The number of anilines is 2. The third-order valence-electron chi connectivity index (χ3n) is 4.88. The molecule has 0 aliphatic heterocycles. The van der Waals surface area contributed by atoms with Crippen molar-refractivity contribution >= 4 is 49.8 Å². The van der Waals surface area contributed by atoms with E-state index < -0.39 is 21.6 Å². The molecule has 0 fully saturated rings.